The lowest BCUT2D eigenvalue weighted by molar-refractivity contribution is -0.141. The molecule has 0 spiro atoms. The summed E-state index contributed by atoms with van der Waals surface area (Å²) in [4.78, 5) is 50.7. The van der Waals surface area contributed by atoms with Crippen LogP contribution in [0.4, 0.5) is 5.69 Å². The Morgan fingerprint density at radius 2 is 1.52 bits per heavy atom. The molecule has 240 valence electrons. The number of hydrogen-bond acceptors (Lipinski definition) is 8. The highest BCUT2D eigenvalue weighted by Gasteiger charge is 2.26. The van der Waals surface area contributed by atoms with Gasteiger partial charge in [-0.05, 0) is 47.7 Å². The molecule has 3 N–H and O–H groups in total. The molecule has 1 fully saturated rings. The van der Waals surface area contributed by atoms with Crippen molar-refractivity contribution in [3.8, 4) is 22.5 Å². The Labute approximate surface area is 272 Å². The fourth-order valence-electron chi connectivity index (χ4n) is 5.02. The van der Waals surface area contributed by atoms with Gasteiger partial charge in [0.15, 0.2) is 5.82 Å². The van der Waals surface area contributed by atoms with Gasteiger partial charge in [-0.2, -0.15) is 0 Å². The molecule has 4 aromatic rings. The smallest absolute Gasteiger partial charge is 0.325 e. The number of carbonyl (C=O) groups is 3. The number of ether oxygens (including phenoxy) is 1. The predicted molar refractivity (Wildman–Crippen MR) is 179 cm³/mol. The monoisotopic (exact) mass is 641 g/mol. The minimum absolute atomic E-state index is 0.114. The number of carboxylic acids is 1. The number of hydrogen-bond donors (Lipinski definition) is 3. The van der Waals surface area contributed by atoms with Gasteiger partial charge in [-0.1, -0.05) is 57.2 Å². The maximum Gasteiger partial charge on any atom is 0.325 e. The van der Waals surface area contributed by atoms with Gasteiger partial charge >= 0.3 is 5.97 Å². The van der Waals surface area contributed by atoms with Crippen molar-refractivity contribution in [2.45, 2.75) is 51.6 Å². The van der Waals surface area contributed by atoms with Gasteiger partial charge in [0.2, 0.25) is 5.91 Å². The van der Waals surface area contributed by atoms with E-state index in [-0.39, 0.29) is 17.7 Å². The van der Waals surface area contributed by atoms with E-state index in [1.807, 2.05) is 30.3 Å². The first-order valence-corrected chi connectivity index (χ1v) is 16.1. The van der Waals surface area contributed by atoms with Crippen LogP contribution >= 0.6 is 11.3 Å². The van der Waals surface area contributed by atoms with Gasteiger partial charge in [0.05, 0.1) is 18.1 Å². The standard InChI is InChI=1S/C35H39N5O5S/c1-22(34(43)44)38-32(41)28(39-33(42)29-13-14-30(46-29)35(2,3)4)19-23-5-7-25(8-6-23)31-36-20-26(21-37-31)24-9-11-27(12-10-24)40-15-17-45-18-16-40/h5-14,20-22,28H,15-19H2,1-4H3,(H,38,41)(H,39,42)(H,43,44)/t22-,28+/m1/s1. The van der Waals surface area contributed by atoms with Crippen molar-refractivity contribution in [1.29, 1.82) is 0 Å². The van der Waals surface area contributed by atoms with Gasteiger partial charge in [-0.15, -0.1) is 11.3 Å². The Balaban J connectivity index is 1.27. The van der Waals surface area contributed by atoms with E-state index >= 15 is 0 Å². The van der Waals surface area contributed by atoms with Gasteiger partial charge in [-0.25, -0.2) is 9.97 Å². The lowest BCUT2D eigenvalue weighted by Gasteiger charge is -2.28. The molecule has 0 bridgehead atoms. The Hall–Kier alpha value is -4.61. The number of nitrogens with one attached hydrogen (secondary N) is 2. The molecule has 2 amide bonds. The van der Waals surface area contributed by atoms with Crippen LogP contribution in [0.25, 0.3) is 22.5 Å². The second-order valence-corrected chi connectivity index (χ2v) is 13.4. The van der Waals surface area contributed by atoms with Crippen molar-refractivity contribution < 1.29 is 24.2 Å². The molecular weight excluding hydrogens is 602 g/mol. The molecular formula is C35H39N5O5S. The summed E-state index contributed by atoms with van der Waals surface area (Å²) in [7, 11) is 0. The number of benzene rings is 2. The average Bonchev–Trinajstić information content (AvgIpc) is 3.57. The zero-order valence-electron chi connectivity index (χ0n) is 26.4. The molecule has 3 heterocycles. The summed E-state index contributed by atoms with van der Waals surface area (Å²) < 4.78 is 5.45. The number of carbonyl (C=O) groups excluding carboxylic acids is 2. The first-order valence-electron chi connectivity index (χ1n) is 15.3. The average molecular weight is 642 g/mol. The first-order chi connectivity index (χ1) is 22.0. The third-order valence-corrected chi connectivity index (χ3v) is 9.31. The van der Waals surface area contributed by atoms with Crippen LogP contribution in [0.15, 0.2) is 73.1 Å². The summed E-state index contributed by atoms with van der Waals surface area (Å²) >= 11 is 1.37. The molecule has 10 nitrogen and oxygen atoms in total. The SMILES string of the molecule is C[C@@H](NC(=O)[C@H](Cc1ccc(-c2ncc(-c3ccc(N4CCOCC4)cc3)cn2)cc1)NC(=O)c1ccc(C(C)(C)C)s1)C(=O)O. The summed E-state index contributed by atoms with van der Waals surface area (Å²) in [6.07, 6.45) is 3.77. The molecule has 2 atom stereocenters. The van der Waals surface area contributed by atoms with Crippen LogP contribution in [0.2, 0.25) is 0 Å². The van der Waals surface area contributed by atoms with Crippen molar-refractivity contribution in [3.63, 3.8) is 0 Å². The zero-order chi connectivity index (χ0) is 32.8. The van der Waals surface area contributed by atoms with Crippen LogP contribution in [-0.2, 0) is 26.2 Å². The lowest BCUT2D eigenvalue weighted by atomic mass is 9.95. The van der Waals surface area contributed by atoms with Crippen LogP contribution in [0, 0.1) is 0 Å². The van der Waals surface area contributed by atoms with Gasteiger partial charge in [0.1, 0.15) is 12.1 Å². The molecule has 0 unspecified atom stereocenters. The normalized spacial score (nSPS) is 14.7. The lowest BCUT2D eigenvalue weighted by Crippen LogP contribution is -2.51. The number of aromatic nitrogens is 2. The van der Waals surface area contributed by atoms with Crippen molar-refractivity contribution in [3.05, 3.63) is 88.4 Å². The molecule has 2 aromatic heterocycles. The fraction of sp³-hybridized carbons (Fsp3) is 0.343. The van der Waals surface area contributed by atoms with E-state index in [2.05, 4.69) is 70.5 Å². The Morgan fingerprint density at radius 1 is 0.891 bits per heavy atom. The van der Waals surface area contributed by atoms with Gasteiger partial charge < -0.3 is 25.4 Å². The van der Waals surface area contributed by atoms with Gasteiger partial charge in [0.25, 0.3) is 5.91 Å². The van der Waals surface area contributed by atoms with E-state index in [4.69, 9.17) is 4.74 Å². The number of rotatable bonds is 10. The third kappa shape index (κ3) is 8.15. The Morgan fingerprint density at radius 3 is 2.11 bits per heavy atom. The highest BCUT2D eigenvalue weighted by atomic mass is 32.1. The van der Waals surface area contributed by atoms with Crippen molar-refractivity contribution in [2.24, 2.45) is 0 Å². The molecule has 0 saturated carbocycles. The van der Waals surface area contributed by atoms with Gasteiger partial charge in [0, 0.05) is 53.6 Å². The summed E-state index contributed by atoms with van der Waals surface area (Å²) in [5.74, 6) is -1.56. The van der Waals surface area contributed by atoms with Crippen molar-refractivity contribution in [1.82, 2.24) is 20.6 Å². The van der Waals surface area contributed by atoms with Crippen LogP contribution in [0.5, 0.6) is 0 Å². The number of amides is 2. The highest BCUT2D eigenvalue weighted by molar-refractivity contribution is 7.14. The number of anilines is 1. The van der Waals surface area contributed by atoms with Crippen molar-refractivity contribution >= 4 is 34.8 Å². The second-order valence-electron chi connectivity index (χ2n) is 12.4. The van der Waals surface area contributed by atoms with E-state index in [9.17, 15) is 19.5 Å². The van der Waals surface area contributed by atoms with E-state index in [0.717, 1.165) is 53.4 Å². The molecule has 0 radical (unpaired) electrons. The summed E-state index contributed by atoms with van der Waals surface area (Å²) in [6, 6.07) is 17.4. The van der Waals surface area contributed by atoms with Gasteiger partial charge in [-0.3, -0.25) is 14.4 Å². The maximum absolute atomic E-state index is 13.1. The van der Waals surface area contributed by atoms with Crippen LogP contribution in [-0.4, -0.2) is 71.2 Å². The van der Waals surface area contributed by atoms with E-state index in [0.29, 0.717) is 10.7 Å². The van der Waals surface area contributed by atoms with Crippen LogP contribution in [0.1, 0.15) is 47.8 Å². The fourth-order valence-corrected chi connectivity index (χ4v) is 5.98. The van der Waals surface area contributed by atoms with E-state index in [1.54, 1.807) is 18.5 Å². The van der Waals surface area contributed by atoms with Crippen LogP contribution < -0.4 is 15.5 Å². The number of morpholine rings is 1. The quantitative estimate of drug-likeness (QED) is 0.222. The Kier molecular flexibility index (Phi) is 10.1. The molecule has 1 aliphatic heterocycles. The number of nitrogens with zero attached hydrogens (tertiary/aromatic N) is 3. The van der Waals surface area contributed by atoms with E-state index in [1.165, 1.54) is 23.9 Å². The molecule has 11 heteroatoms. The minimum Gasteiger partial charge on any atom is -0.480 e. The molecule has 2 aromatic carbocycles. The zero-order valence-corrected chi connectivity index (χ0v) is 27.3. The van der Waals surface area contributed by atoms with Crippen LogP contribution in [0.3, 0.4) is 0 Å². The summed E-state index contributed by atoms with van der Waals surface area (Å²) in [5.41, 5.74) is 4.58. The number of aliphatic carboxylic acids is 1. The molecule has 1 aliphatic rings. The summed E-state index contributed by atoms with van der Waals surface area (Å²) in [6.45, 7) is 10.8. The third-order valence-electron chi connectivity index (χ3n) is 7.80. The first kappa shape index (κ1) is 32.8. The minimum atomic E-state index is -1.16. The molecule has 5 rings (SSSR count). The van der Waals surface area contributed by atoms with E-state index < -0.39 is 24.0 Å². The topological polar surface area (TPSA) is 134 Å². The highest BCUT2D eigenvalue weighted by Crippen LogP contribution is 2.30. The largest absolute Gasteiger partial charge is 0.480 e. The number of thiophene rings is 1. The Bertz CT molecular complexity index is 1660. The molecule has 1 saturated heterocycles. The maximum atomic E-state index is 13.1. The predicted octanol–water partition coefficient (Wildman–Crippen LogP) is 4.94. The van der Waals surface area contributed by atoms with Crippen molar-refractivity contribution in [2.75, 3.05) is 31.2 Å². The molecule has 0 aliphatic carbocycles. The molecule has 46 heavy (non-hydrogen) atoms. The summed E-state index contributed by atoms with van der Waals surface area (Å²) in [5, 5.41) is 14.6. The number of carboxylic acid groups (broad SMARTS) is 1. The second kappa shape index (κ2) is 14.2.